The van der Waals surface area contributed by atoms with Gasteiger partial charge in [0.15, 0.2) is 0 Å². The van der Waals surface area contributed by atoms with Gasteiger partial charge >= 0.3 is 0 Å². The molecule has 0 nitrogen and oxygen atoms in total. The number of hydrogen-bond acceptors (Lipinski definition) is 0. The fourth-order valence-electron chi connectivity index (χ4n) is 4.28. The Morgan fingerprint density at radius 2 is 1.31 bits per heavy atom. The predicted octanol–water partition coefficient (Wildman–Crippen LogP) is 6.41. The zero-order chi connectivity index (χ0) is 17.6. The molecule has 0 bridgehead atoms. The molecule has 128 valence electrons. The second-order valence-corrected chi connectivity index (χ2v) is 7.14. The minimum absolute atomic E-state index is 0.282. The van der Waals surface area contributed by atoms with Crippen LogP contribution in [0.5, 0.6) is 0 Å². The summed E-state index contributed by atoms with van der Waals surface area (Å²) in [4.78, 5) is 0. The maximum absolute atomic E-state index is 3.64. The standard InChI is InChI=1S/C26H24/c1-4-11-21(12-5-1)19-20-25(23-15-8-3-9-16-23)26-18-10-17-24(26)22-13-6-2-7-14-22/h1-9,11-16,24-26H,10,17-18H2. The van der Waals surface area contributed by atoms with Crippen LogP contribution in [-0.2, 0) is 0 Å². The molecule has 1 fully saturated rings. The second kappa shape index (κ2) is 8.07. The van der Waals surface area contributed by atoms with E-state index in [1.165, 1.54) is 30.4 Å². The highest BCUT2D eigenvalue weighted by Crippen LogP contribution is 2.46. The highest BCUT2D eigenvalue weighted by atomic mass is 14.4. The molecular weight excluding hydrogens is 312 g/mol. The third kappa shape index (κ3) is 3.73. The molecule has 0 aliphatic heterocycles. The molecule has 0 saturated heterocycles. The first-order chi connectivity index (χ1) is 12.9. The van der Waals surface area contributed by atoms with Gasteiger partial charge in [0, 0.05) is 11.5 Å². The Morgan fingerprint density at radius 1 is 0.692 bits per heavy atom. The summed E-state index contributed by atoms with van der Waals surface area (Å²) in [6.07, 6.45) is 3.81. The molecule has 3 unspecified atom stereocenters. The lowest BCUT2D eigenvalue weighted by Crippen LogP contribution is -2.15. The Hall–Kier alpha value is -2.78. The third-order valence-corrected chi connectivity index (χ3v) is 5.53. The average molecular weight is 336 g/mol. The Bertz CT molecular complexity index is 869. The van der Waals surface area contributed by atoms with Gasteiger partial charge in [-0.15, -0.1) is 0 Å². The number of hydrogen-bond donors (Lipinski definition) is 0. The molecular formula is C26H24. The summed E-state index contributed by atoms with van der Waals surface area (Å²) in [5.74, 6) is 8.55. The number of benzene rings is 3. The molecule has 0 heterocycles. The van der Waals surface area contributed by atoms with Crippen molar-refractivity contribution in [2.24, 2.45) is 5.92 Å². The summed E-state index contributed by atoms with van der Waals surface area (Å²) in [6, 6.07) is 32.2. The van der Waals surface area contributed by atoms with Gasteiger partial charge < -0.3 is 0 Å². The highest BCUT2D eigenvalue weighted by Gasteiger charge is 2.34. The van der Waals surface area contributed by atoms with E-state index in [0.29, 0.717) is 11.8 Å². The van der Waals surface area contributed by atoms with Crippen LogP contribution in [-0.4, -0.2) is 0 Å². The molecule has 0 heteroatoms. The Labute approximate surface area is 156 Å². The lowest BCUT2D eigenvalue weighted by Gasteiger charge is -2.26. The van der Waals surface area contributed by atoms with Crippen molar-refractivity contribution in [1.29, 1.82) is 0 Å². The summed E-state index contributed by atoms with van der Waals surface area (Å²) in [5, 5.41) is 0. The Morgan fingerprint density at radius 3 is 2.00 bits per heavy atom. The van der Waals surface area contributed by atoms with Crippen LogP contribution >= 0.6 is 0 Å². The van der Waals surface area contributed by atoms with Crippen LogP contribution in [0.25, 0.3) is 0 Å². The van der Waals surface area contributed by atoms with Crippen molar-refractivity contribution in [2.45, 2.75) is 31.1 Å². The van der Waals surface area contributed by atoms with Gasteiger partial charge in [0.25, 0.3) is 0 Å². The van der Waals surface area contributed by atoms with Gasteiger partial charge in [0.1, 0.15) is 0 Å². The van der Waals surface area contributed by atoms with Gasteiger partial charge in [-0.1, -0.05) is 97.1 Å². The largest absolute Gasteiger partial charge is 0.0894 e. The van der Waals surface area contributed by atoms with E-state index in [1.807, 2.05) is 6.07 Å². The molecule has 1 aliphatic rings. The van der Waals surface area contributed by atoms with E-state index in [2.05, 4.69) is 96.8 Å². The van der Waals surface area contributed by atoms with Crippen molar-refractivity contribution in [2.75, 3.05) is 0 Å². The van der Waals surface area contributed by atoms with Crippen molar-refractivity contribution >= 4 is 0 Å². The van der Waals surface area contributed by atoms with E-state index in [1.54, 1.807) is 0 Å². The van der Waals surface area contributed by atoms with Crippen molar-refractivity contribution in [3.8, 4) is 11.8 Å². The van der Waals surface area contributed by atoms with Crippen LogP contribution < -0.4 is 0 Å². The predicted molar refractivity (Wildman–Crippen MR) is 109 cm³/mol. The minimum atomic E-state index is 0.282. The zero-order valence-electron chi connectivity index (χ0n) is 15.0. The van der Waals surface area contributed by atoms with Gasteiger partial charge in [-0.3, -0.25) is 0 Å². The van der Waals surface area contributed by atoms with Gasteiger partial charge in [0.2, 0.25) is 0 Å². The smallest absolute Gasteiger partial charge is 0.0490 e. The zero-order valence-corrected chi connectivity index (χ0v) is 15.0. The topological polar surface area (TPSA) is 0 Å². The summed E-state index contributed by atoms with van der Waals surface area (Å²) in [7, 11) is 0. The Balaban J connectivity index is 1.70. The van der Waals surface area contributed by atoms with E-state index in [-0.39, 0.29) is 5.92 Å². The molecule has 3 atom stereocenters. The molecule has 0 radical (unpaired) electrons. The summed E-state index contributed by atoms with van der Waals surface area (Å²) in [5.41, 5.74) is 3.92. The minimum Gasteiger partial charge on any atom is -0.0894 e. The molecule has 26 heavy (non-hydrogen) atoms. The SMILES string of the molecule is C(#CC(c1ccccc1)C1CCCC1c1ccccc1)c1ccccc1. The van der Waals surface area contributed by atoms with Gasteiger partial charge in [-0.05, 0) is 47.9 Å². The molecule has 0 amide bonds. The molecule has 1 saturated carbocycles. The molecule has 0 N–H and O–H groups in total. The van der Waals surface area contributed by atoms with Crippen LogP contribution in [0.2, 0.25) is 0 Å². The van der Waals surface area contributed by atoms with Crippen molar-refractivity contribution in [3.05, 3.63) is 108 Å². The summed E-state index contributed by atoms with van der Waals surface area (Å²) in [6.45, 7) is 0. The van der Waals surface area contributed by atoms with Crippen molar-refractivity contribution in [1.82, 2.24) is 0 Å². The van der Waals surface area contributed by atoms with Crippen molar-refractivity contribution in [3.63, 3.8) is 0 Å². The van der Waals surface area contributed by atoms with Gasteiger partial charge in [-0.2, -0.15) is 0 Å². The normalized spacial score (nSPS) is 20.2. The van der Waals surface area contributed by atoms with E-state index >= 15 is 0 Å². The first kappa shape index (κ1) is 16.7. The number of rotatable bonds is 3. The fraction of sp³-hybridized carbons (Fsp3) is 0.231. The van der Waals surface area contributed by atoms with Gasteiger partial charge in [-0.25, -0.2) is 0 Å². The third-order valence-electron chi connectivity index (χ3n) is 5.53. The maximum Gasteiger partial charge on any atom is 0.0490 e. The summed E-state index contributed by atoms with van der Waals surface area (Å²) < 4.78 is 0. The maximum atomic E-state index is 3.64. The van der Waals surface area contributed by atoms with Crippen LogP contribution in [0.15, 0.2) is 91.0 Å². The summed E-state index contributed by atoms with van der Waals surface area (Å²) >= 11 is 0. The van der Waals surface area contributed by atoms with Crippen LogP contribution in [0.1, 0.15) is 47.8 Å². The van der Waals surface area contributed by atoms with E-state index in [0.717, 1.165) is 5.56 Å². The van der Waals surface area contributed by atoms with Crippen LogP contribution in [0.3, 0.4) is 0 Å². The first-order valence-corrected chi connectivity index (χ1v) is 9.58. The van der Waals surface area contributed by atoms with E-state index in [4.69, 9.17) is 0 Å². The lowest BCUT2D eigenvalue weighted by molar-refractivity contribution is 0.448. The van der Waals surface area contributed by atoms with Crippen LogP contribution in [0, 0.1) is 17.8 Å². The average Bonchev–Trinajstić information content (AvgIpc) is 3.20. The highest BCUT2D eigenvalue weighted by molar-refractivity contribution is 5.39. The monoisotopic (exact) mass is 336 g/mol. The molecule has 0 spiro atoms. The lowest BCUT2D eigenvalue weighted by atomic mass is 9.77. The molecule has 0 aromatic heterocycles. The van der Waals surface area contributed by atoms with E-state index < -0.39 is 0 Å². The molecule has 4 rings (SSSR count). The van der Waals surface area contributed by atoms with Crippen molar-refractivity contribution < 1.29 is 0 Å². The first-order valence-electron chi connectivity index (χ1n) is 9.58. The second-order valence-electron chi connectivity index (χ2n) is 7.14. The molecule has 1 aliphatic carbocycles. The van der Waals surface area contributed by atoms with E-state index in [9.17, 15) is 0 Å². The van der Waals surface area contributed by atoms with Crippen LogP contribution in [0.4, 0.5) is 0 Å². The Kier molecular flexibility index (Phi) is 5.17. The fourth-order valence-corrected chi connectivity index (χ4v) is 4.28. The molecule has 3 aromatic carbocycles. The van der Waals surface area contributed by atoms with Gasteiger partial charge in [0.05, 0.1) is 0 Å². The quantitative estimate of drug-likeness (QED) is 0.485. The molecule has 3 aromatic rings.